The van der Waals surface area contributed by atoms with Crippen molar-refractivity contribution >= 4 is 5.97 Å². The lowest BCUT2D eigenvalue weighted by Crippen LogP contribution is -2.29. The number of hydrogen-bond donors (Lipinski definition) is 1. The molecule has 0 aromatic carbocycles. The van der Waals surface area contributed by atoms with E-state index in [1.54, 1.807) is 20.8 Å². The molecule has 0 unspecified atom stereocenters. The van der Waals surface area contributed by atoms with Gasteiger partial charge in [-0.25, -0.2) is 0 Å². The minimum Gasteiger partial charge on any atom is -0.481 e. The molecule has 1 aromatic heterocycles. The predicted octanol–water partition coefficient (Wildman–Crippen LogP) is 2.67. The highest BCUT2D eigenvalue weighted by Gasteiger charge is 2.40. The zero-order chi connectivity index (χ0) is 14.1. The van der Waals surface area contributed by atoms with Crippen molar-refractivity contribution in [2.75, 3.05) is 0 Å². The molecule has 1 aromatic rings. The monoisotopic (exact) mass is 264 g/mol. The van der Waals surface area contributed by atoms with Gasteiger partial charge in [-0.2, -0.15) is 18.3 Å². The van der Waals surface area contributed by atoms with E-state index >= 15 is 0 Å². The van der Waals surface area contributed by atoms with E-state index in [-0.39, 0.29) is 18.4 Å². The molecule has 0 saturated heterocycles. The number of halogens is 3. The number of aliphatic carboxylic acids is 1. The normalized spacial score (nSPS) is 12.8. The standard InChI is InChI=1S/C11H15F3N2O2/c1-10(2,3)16-9(11(12,13)14)7(6-15-16)4-5-8(17)18/h6H,4-5H2,1-3H3,(H,17,18). The largest absolute Gasteiger partial charge is 0.481 e. The molecule has 1 rings (SSSR count). The van der Waals surface area contributed by atoms with Gasteiger partial charge in [-0.05, 0) is 27.2 Å². The number of alkyl halides is 3. The minimum atomic E-state index is -4.54. The Kier molecular flexibility index (Phi) is 3.73. The first-order valence-electron chi connectivity index (χ1n) is 5.40. The summed E-state index contributed by atoms with van der Waals surface area (Å²) in [5.41, 5.74) is -1.76. The fourth-order valence-corrected chi connectivity index (χ4v) is 1.62. The van der Waals surface area contributed by atoms with E-state index in [1.807, 2.05) is 0 Å². The maximum atomic E-state index is 13.0. The van der Waals surface area contributed by atoms with Crippen LogP contribution in [0.15, 0.2) is 6.20 Å². The molecule has 0 aliphatic heterocycles. The summed E-state index contributed by atoms with van der Waals surface area (Å²) < 4.78 is 39.9. The Morgan fingerprint density at radius 3 is 2.33 bits per heavy atom. The molecule has 7 heteroatoms. The maximum Gasteiger partial charge on any atom is 0.433 e. The SMILES string of the molecule is CC(C)(C)n1ncc(CCC(=O)O)c1C(F)(F)F. The Morgan fingerprint density at radius 2 is 1.94 bits per heavy atom. The molecule has 1 N–H and O–H groups in total. The molecule has 18 heavy (non-hydrogen) atoms. The van der Waals surface area contributed by atoms with Gasteiger partial charge in [0, 0.05) is 12.0 Å². The van der Waals surface area contributed by atoms with Crippen molar-refractivity contribution in [3.05, 3.63) is 17.5 Å². The van der Waals surface area contributed by atoms with E-state index in [0.717, 1.165) is 10.9 Å². The fourth-order valence-electron chi connectivity index (χ4n) is 1.62. The van der Waals surface area contributed by atoms with E-state index in [9.17, 15) is 18.0 Å². The third-order valence-corrected chi connectivity index (χ3v) is 2.36. The van der Waals surface area contributed by atoms with Crippen molar-refractivity contribution < 1.29 is 23.1 Å². The molecule has 0 spiro atoms. The van der Waals surface area contributed by atoms with Crippen molar-refractivity contribution in [1.82, 2.24) is 9.78 Å². The molecule has 4 nitrogen and oxygen atoms in total. The lowest BCUT2D eigenvalue weighted by Gasteiger charge is -2.24. The molecule has 0 amide bonds. The highest BCUT2D eigenvalue weighted by atomic mass is 19.4. The van der Waals surface area contributed by atoms with Crippen LogP contribution in [0, 0.1) is 0 Å². The Labute approximate surface area is 102 Å². The van der Waals surface area contributed by atoms with Crippen LogP contribution in [0.5, 0.6) is 0 Å². The van der Waals surface area contributed by atoms with Crippen LogP contribution in [0.2, 0.25) is 0 Å². The molecule has 0 radical (unpaired) electrons. The quantitative estimate of drug-likeness (QED) is 0.913. The van der Waals surface area contributed by atoms with E-state index in [1.165, 1.54) is 0 Å². The van der Waals surface area contributed by atoms with Crippen molar-refractivity contribution in [3.63, 3.8) is 0 Å². The number of aryl methyl sites for hydroxylation is 1. The zero-order valence-corrected chi connectivity index (χ0v) is 10.4. The van der Waals surface area contributed by atoms with Gasteiger partial charge in [0.2, 0.25) is 0 Å². The van der Waals surface area contributed by atoms with Crippen LogP contribution < -0.4 is 0 Å². The summed E-state index contributed by atoms with van der Waals surface area (Å²) in [6.07, 6.45) is -3.98. The minimum absolute atomic E-state index is 0.0835. The van der Waals surface area contributed by atoms with Crippen LogP contribution in [0.3, 0.4) is 0 Å². The summed E-state index contributed by atoms with van der Waals surface area (Å²) >= 11 is 0. The number of rotatable bonds is 3. The lowest BCUT2D eigenvalue weighted by atomic mass is 10.1. The molecule has 0 atom stereocenters. The molecular formula is C11H15F3N2O2. The van der Waals surface area contributed by atoms with Crippen LogP contribution >= 0.6 is 0 Å². The van der Waals surface area contributed by atoms with Crippen LogP contribution in [-0.4, -0.2) is 20.9 Å². The van der Waals surface area contributed by atoms with Gasteiger partial charge in [0.05, 0.1) is 11.7 Å². The molecule has 0 aliphatic rings. The first kappa shape index (κ1) is 14.5. The molecule has 0 saturated carbocycles. The van der Waals surface area contributed by atoms with Crippen LogP contribution in [0.4, 0.5) is 13.2 Å². The maximum absolute atomic E-state index is 13.0. The number of hydrogen-bond acceptors (Lipinski definition) is 2. The number of nitrogens with zero attached hydrogens (tertiary/aromatic N) is 2. The third-order valence-electron chi connectivity index (χ3n) is 2.36. The van der Waals surface area contributed by atoms with Gasteiger partial charge >= 0.3 is 12.1 Å². The van der Waals surface area contributed by atoms with Gasteiger partial charge in [-0.1, -0.05) is 0 Å². The van der Waals surface area contributed by atoms with Gasteiger partial charge in [0.25, 0.3) is 0 Å². The van der Waals surface area contributed by atoms with Gasteiger partial charge in [0.15, 0.2) is 0 Å². The Morgan fingerprint density at radius 1 is 1.39 bits per heavy atom. The summed E-state index contributed by atoms with van der Waals surface area (Å²) in [5.74, 6) is -1.13. The van der Waals surface area contributed by atoms with Gasteiger partial charge in [0.1, 0.15) is 5.69 Å². The second-order valence-electron chi connectivity index (χ2n) is 4.99. The molecular weight excluding hydrogens is 249 g/mol. The second-order valence-corrected chi connectivity index (χ2v) is 4.99. The Hall–Kier alpha value is -1.53. The van der Waals surface area contributed by atoms with Crippen molar-refractivity contribution in [2.45, 2.75) is 45.3 Å². The highest BCUT2D eigenvalue weighted by Crippen LogP contribution is 2.35. The number of carboxylic acid groups (broad SMARTS) is 1. The molecule has 102 valence electrons. The van der Waals surface area contributed by atoms with Crippen LogP contribution in [-0.2, 0) is 22.9 Å². The van der Waals surface area contributed by atoms with Gasteiger partial charge < -0.3 is 5.11 Å². The lowest BCUT2D eigenvalue weighted by molar-refractivity contribution is -0.147. The van der Waals surface area contributed by atoms with Gasteiger partial charge in [-0.15, -0.1) is 0 Å². The number of aromatic nitrogens is 2. The van der Waals surface area contributed by atoms with Crippen LogP contribution in [0.1, 0.15) is 38.4 Å². The van der Waals surface area contributed by atoms with E-state index in [4.69, 9.17) is 5.11 Å². The summed E-state index contributed by atoms with van der Waals surface area (Å²) in [7, 11) is 0. The second kappa shape index (κ2) is 4.62. The highest BCUT2D eigenvalue weighted by molar-refractivity contribution is 5.67. The Balaban J connectivity index is 3.21. The average molecular weight is 264 g/mol. The zero-order valence-electron chi connectivity index (χ0n) is 10.4. The van der Waals surface area contributed by atoms with Crippen molar-refractivity contribution in [1.29, 1.82) is 0 Å². The predicted molar refractivity (Wildman–Crippen MR) is 58.2 cm³/mol. The average Bonchev–Trinajstić information content (AvgIpc) is 2.56. The summed E-state index contributed by atoms with van der Waals surface area (Å²) in [6, 6.07) is 0. The first-order valence-corrected chi connectivity index (χ1v) is 5.40. The summed E-state index contributed by atoms with van der Waals surface area (Å²) in [6.45, 7) is 4.82. The number of carboxylic acids is 1. The Bertz CT molecular complexity index is 444. The molecule has 0 aliphatic carbocycles. The van der Waals surface area contributed by atoms with E-state index in [0.29, 0.717) is 0 Å². The molecule has 0 fully saturated rings. The topological polar surface area (TPSA) is 55.1 Å². The van der Waals surface area contributed by atoms with Gasteiger partial charge in [-0.3, -0.25) is 9.48 Å². The van der Waals surface area contributed by atoms with E-state index < -0.39 is 23.4 Å². The summed E-state index contributed by atoms with van der Waals surface area (Å²) in [4.78, 5) is 10.4. The number of carbonyl (C=O) groups is 1. The molecule has 0 bridgehead atoms. The smallest absolute Gasteiger partial charge is 0.433 e. The molecule has 1 heterocycles. The summed E-state index contributed by atoms with van der Waals surface area (Å²) in [5, 5.41) is 12.3. The van der Waals surface area contributed by atoms with Crippen molar-refractivity contribution in [3.8, 4) is 0 Å². The van der Waals surface area contributed by atoms with E-state index in [2.05, 4.69) is 5.10 Å². The van der Waals surface area contributed by atoms with Crippen molar-refractivity contribution in [2.24, 2.45) is 0 Å². The third kappa shape index (κ3) is 3.24. The first-order chi connectivity index (χ1) is 8.03. The fraction of sp³-hybridized carbons (Fsp3) is 0.636. The van der Waals surface area contributed by atoms with Crippen LogP contribution in [0.25, 0.3) is 0 Å².